The molecule has 4 nitrogen and oxygen atoms in total. The van der Waals surface area contributed by atoms with Gasteiger partial charge < -0.3 is 10.6 Å². The lowest BCUT2D eigenvalue weighted by Crippen LogP contribution is -2.47. The van der Waals surface area contributed by atoms with Crippen molar-refractivity contribution in [2.75, 3.05) is 26.2 Å². The predicted molar refractivity (Wildman–Crippen MR) is 79.9 cm³/mol. The first-order chi connectivity index (χ1) is 9.06. The monoisotopic (exact) mass is 277 g/mol. The SMILES string of the molecule is CC(=O)N1CCN(Cc2ccc(C(N)=S)cc2)CC1. The van der Waals surface area contributed by atoms with Crippen LogP contribution in [-0.2, 0) is 11.3 Å². The van der Waals surface area contributed by atoms with Crippen LogP contribution in [0.3, 0.4) is 0 Å². The number of nitrogens with zero attached hydrogens (tertiary/aromatic N) is 2. The molecule has 0 radical (unpaired) electrons. The molecule has 2 N–H and O–H groups in total. The van der Waals surface area contributed by atoms with Gasteiger partial charge in [0.2, 0.25) is 5.91 Å². The number of hydrogen-bond acceptors (Lipinski definition) is 3. The number of rotatable bonds is 3. The highest BCUT2D eigenvalue weighted by molar-refractivity contribution is 7.80. The van der Waals surface area contributed by atoms with E-state index in [0.29, 0.717) is 4.99 Å². The minimum absolute atomic E-state index is 0.167. The standard InChI is InChI=1S/C14H19N3OS/c1-11(18)17-8-6-16(7-9-17)10-12-2-4-13(5-3-12)14(15)19/h2-5H,6-10H2,1H3,(H2,15,19). The summed E-state index contributed by atoms with van der Waals surface area (Å²) in [5.74, 6) is 0.167. The Morgan fingerprint density at radius 2 is 1.79 bits per heavy atom. The number of carbonyl (C=O) groups is 1. The molecular formula is C14H19N3OS. The quantitative estimate of drug-likeness (QED) is 0.837. The van der Waals surface area contributed by atoms with E-state index >= 15 is 0 Å². The Balaban J connectivity index is 1.88. The summed E-state index contributed by atoms with van der Waals surface area (Å²) in [5, 5.41) is 0. The van der Waals surface area contributed by atoms with Crippen molar-refractivity contribution < 1.29 is 4.79 Å². The molecule has 0 spiro atoms. The second-order valence-electron chi connectivity index (χ2n) is 4.84. The maximum atomic E-state index is 11.2. The highest BCUT2D eigenvalue weighted by Crippen LogP contribution is 2.10. The summed E-state index contributed by atoms with van der Waals surface area (Å²) in [5.41, 5.74) is 7.72. The summed E-state index contributed by atoms with van der Waals surface area (Å²) >= 11 is 4.93. The number of piperazine rings is 1. The van der Waals surface area contributed by atoms with Crippen LogP contribution >= 0.6 is 12.2 Å². The Kier molecular flexibility index (Phi) is 4.50. The van der Waals surface area contributed by atoms with E-state index in [-0.39, 0.29) is 5.91 Å². The number of nitrogens with two attached hydrogens (primary N) is 1. The van der Waals surface area contributed by atoms with Crippen molar-refractivity contribution in [3.05, 3.63) is 35.4 Å². The van der Waals surface area contributed by atoms with E-state index in [1.165, 1.54) is 5.56 Å². The number of benzene rings is 1. The van der Waals surface area contributed by atoms with Gasteiger partial charge >= 0.3 is 0 Å². The van der Waals surface area contributed by atoms with E-state index in [1.807, 2.05) is 17.0 Å². The third-order valence-corrected chi connectivity index (χ3v) is 3.70. The van der Waals surface area contributed by atoms with E-state index in [9.17, 15) is 4.79 Å². The summed E-state index contributed by atoms with van der Waals surface area (Å²) in [6.07, 6.45) is 0. The van der Waals surface area contributed by atoms with Gasteiger partial charge in [0.15, 0.2) is 0 Å². The molecule has 1 aromatic carbocycles. The molecule has 1 heterocycles. The maximum absolute atomic E-state index is 11.2. The molecule has 0 saturated carbocycles. The van der Waals surface area contributed by atoms with Crippen molar-refractivity contribution >= 4 is 23.1 Å². The third kappa shape index (κ3) is 3.75. The topological polar surface area (TPSA) is 49.6 Å². The molecule has 1 aliphatic heterocycles. The largest absolute Gasteiger partial charge is 0.389 e. The van der Waals surface area contributed by atoms with E-state index in [4.69, 9.17) is 18.0 Å². The van der Waals surface area contributed by atoms with Gasteiger partial charge in [0.05, 0.1) is 0 Å². The average molecular weight is 277 g/mol. The fourth-order valence-electron chi connectivity index (χ4n) is 2.25. The lowest BCUT2D eigenvalue weighted by molar-refractivity contribution is -0.130. The molecular weight excluding hydrogens is 258 g/mol. The molecule has 1 amide bonds. The van der Waals surface area contributed by atoms with E-state index in [2.05, 4.69) is 17.0 Å². The zero-order valence-electron chi connectivity index (χ0n) is 11.1. The lowest BCUT2D eigenvalue weighted by Gasteiger charge is -2.34. The molecule has 1 aliphatic rings. The van der Waals surface area contributed by atoms with Gasteiger partial charge in [-0.1, -0.05) is 36.5 Å². The maximum Gasteiger partial charge on any atom is 0.219 e. The molecule has 0 unspecified atom stereocenters. The van der Waals surface area contributed by atoms with Crippen LogP contribution in [0.2, 0.25) is 0 Å². The molecule has 0 aromatic heterocycles. The van der Waals surface area contributed by atoms with Gasteiger partial charge in [-0.15, -0.1) is 0 Å². The van der Waals surface area contributed by atoms with Crippen LogP contribution in [-0.4, -0.2) is 46.9 Å². The second kappa shape index (κ2) is 6.12. The second-order valence-corrected chi connectivity index (χ2v) is 5.28. The number of hydrogen-bond donors (Lipinski definition) is 1. The van der Waals surface area contributed by atoms with Crippen LogP contribution in [0.1, 0.15) is 18.1 Å². The van der Waals surface area contributed by atoms with Crippen molar-refractivity contribution in [2.24, 2.45) is 5.73 Å². The Bertz CT molecular complexity index is 464. The molecule has 19 heavy (non-hydrogen) atoms. The molecule has 1 aromatic rings. The first kappa shape index (κ1) is 14.0. The van der Waals surface area contributed by atoms with E-state index in [0.717, 1.165) is 38.3 Å². The lowest BCUT2D eigenvalue weighted by atomic mass is 10.1. The molecule has 5 heteroatoms. The van der Waals surface area contributed by atoms with E-state index in [1.54, 1.807) is 6.92 Å². The number of amides is 1. The van der Waals surface area contributed by atoms with Crippen LogP contribution in [0, 0.1) is 0 Å². The Morgan fingerprint density at radius 1 is 1.21 bits per heavy atom. The van der Waals surface area contributed by atoms with Crippen molar-refractivity contribution in [3.8, 4) is 0 Å². The molecule has 2 rings (SSSR count). The normalized spacial score (nSPS) is 16.4. The van der Waals surface area contributed by atoms with Crippen LogP contribution in [0.4, 0.5) is 0 Å². The number of carbonyl (C=O) groups excluding carboxylic acids is 1. The highest BCUT2D eigenvalue weighted by Gasteiger charge is 2.18. The molecule has 0 atom stereocenters. The molecule has 1 saturated heterocycles. The van der Waals surface area contributed by atoms with Crippen molar-refractivity contribution in [1.29, 1.82) is 0 Å². The van der Waals surface area contributed by atoms with E-state index < -0.39 is 0 Å². The van der Waals surface area contributed by atoms with Crippen molar-refractivity contribution in [3.63, 3.8) is 0 Å². The van der Waals surface area contributed by atoms with Gasteiger partial charge in [0.1, 0.15) is 4.99 Å². The smallest absolute Gasteiger partial charge is 0.219 e. The van der Waals surface area contributed by atoms with Crippen molar-refractivity contribution in [1.82, 2.24) is 9.80 Å². The zero-order valence-corrected chi connectivity index (χ0v) is 11.9. The van der Waals surface area contributed by atoms with Gasteiger partial charge in [-0.05, 0) is 5.56 Å². The minimum Gasteiger partial charge on any atom is -0.389 e. The van der Waals surface area contributed by atoms with Crippen molar-refractivity contribution in [2.45, 2.75) is 13.5 Å². The molecule has 0 bridgehead atoms. The first-order valence-corrected chi connectivity index (χ1v) is 6.83. The van der Waals surface area contributed by atoms with Crippen LogP contribution in [0.15, 0.2) is 24.3 Å². The molecule has 1 fully saturated rings. The molecule has 102 valence electrons. The van der Waals surface area contributed by atoms with Gasteiger partial charge in [0.25, 0.3) is 0 Å². The van der Waals surface area contributed by atoms with Crippen LogP contribution < -0.4 is 5.73 Å². The fraction of sp³-hybridized carbons (Fsp3) is 0.429. The van der Waals surface area contributed by atoms with Crippen LogP contribution in [0.5, 0.6) is 0 Å². The minimum atomic E-state index is 0.167. The summed E-state index contributed by atoms with van der Waals surface area (Å²) in [6, 6.07) is 8.05. The van der Waals surface area contributed by atoms with Gasteiger partial charge in [0, 0.05) is 45.2 Å². The summed E-state index contributed by atoms with van der Waals surface area (Å²) in [4.78, 5) is 15.9. The van der Waals surface area contributed by atoms with Gasteiger partial charge in [-0.3, -0.25) is 9.69 Å². The highest BCUT2D eigenvalue weighted by atomic mass is 32.1. The third-order valence-electron chi connectivity index (χ3n) is 3.46. The first-order valence-electron chi connectivity index (χ1n) is 6.43. The Labute approximate surface area is 119 Å². The summed E-state index contributed by atoms with van der Waals surface area (Å²) < 4.78 is 0. The molecule has 0 aliphatic carbocycles. The summed E-state index contributed by atoms with van der Waals surface area (Å²) in [6.45, 7) is 6.03. The Hall–Kier alpha value is -1.46. The summed E-state index contributed by atoms with van der Waals surface area (Å²) in [7, 11) is 0. The Morgan fingerprint density at radius 3 is 2.26 bits per heavy atom. The number of thiocarbonyl (C=S) groups is 1. The predicted octanol–water partition coefficient (Wildman–Crippen LogP) is 0.985. The van der Waals surface area contributed by atoms with Gasteiger partial charge in [-0.25, -0.2) is 0 Å². The average Bonchev–Trinajstić information content (AvgIpc) is 2.40. The zero-order chi connectivity index (χ0) is 13.8. The fourth-order valence-corrected chi connectivity index (χ4v) is 2.39. The van der Waals surface area contributed by atoms with Gasteiger partial charge in [-0.2, -0.15) is 0 Å². The van der Waals surface area contributed by atoms with Crippen LogP contribution in [0.25, 0.3) is 0 Å².